The lowest BCUT2D eigenvalue weighted by Gasteiger charge is -2.11. The Labute approximate surface area is 135 Å². The average molecular weight is 312 g/mol. The molecule has 0 spiro atoms. The van der Waals surface area contributed by atoms with Gasteiger partial charge in [-0.2, -0.15) is 0 Å². The number of methoxy groups -OCH3 is 2. The molecule has 0 aliphatic heterocycles. The Balaban J connectivity index is 2.40. The van der Waals surface area contributed by atoms with Crippen LogP contribution in [0.4, 0.5) is 0 Å². The molecule has 5 heteroatoms. The molecule has 0 bridgehead atoms. The summed E-state index contributed by atoms with van der Waals surface area (Å²) in [6.45, 7) is 0. The highest BCUT2D eigenvalue weighted by atomic mass is 16.5. The first kappa shape index (κ1) is 16.4. The maximum absolute atomic E-state index is 11.9. The predicted octanol–water partition coefficient (Wildman–Crippen LogP) is 2.10. The van der Waals surface area contributed by atoms with Gasteiger partial charge in [0.25, 0.3) is 5.91 Å². The van der Waals surface area contributed by atoms with Crippen molar-refractivity contribution in [3.05, 3.63) is 65.4 Å². The molecule has 2 aromatic rings. The normalized spacial score (nSPS) is 11.6. The van der Waals surface area contributed by atoms with Gasteiger partial charge in [-0.25, -0.2) is 0 Å². The lowest BCUT2D eigenvalue weighted by atomic mass is 9.99. The minimum Gasteiger partial charge on any atom is -0.497 e. The first-order valence-electron chi connectivity index (χ1n) is 7.11. The van der Waals surface area contributed by atoms with Crippen LogP contribution in [0, 0.1) is 0 Å². The Hall–Kier alpha value is -2.95. The van der Waals surface area contributed by atoms with Gasteiger partial charge in [0, 0.05) is 12.1 Å². The minimum absolute atomic E-state index is 0.298. The molecule has 0 heterocycles. The largest absolute Gasteiger partial charge is 0.497 e. The topological polar surface area (TPSA) is 87.6 Å². The first-order valence-corrected chi connectivity index (χ1v) is 7.11. The number of hydrogen-bond acceptors (Lipinski definition) is 4. The summed E-state index contributed by atoms with van der Waals surface area (Å²) in [5.41, 5.74) is 14.0. The molecule has 1 amide bonds. The Morgan fingerprint density at radius 2 is 1.57 bits per heavy atom. The molecule has 0 saturated heterocycles. The van der Waals surface area contributed by atoms with Crippen LogP contribution in [0.25, 0.3) is 5.57 Å². The first-order chi connectivity index (χ1) is 11.0. The van der Waals surface area contributed by atoms with Crippen molar-refractivity contribution in [2.75, 3.05) is 14.2 Å². The Kier molecular flexibility index (Phi) is 5.25. The molecule has 0 saturated carbocycles. The number of amides is 1. The number of ether oxygens (including phenoxy) is 2. The maximum Gasteiger partial charge on any atom is 0.251 e. The summed E-state index contributed by atoms with van der Waals surface area (Å²) in [6, 6.07) is 14.6. The molecule has 23 heavy (non-hydrogen) atoms. The molecule has 0 aliphatic rings. The van der Waals surface area contributed by atoms with Crippen LogP contribution in [0.15, 0.2) is 54.2 Å². The second-order valence-electron chi connectivity index (χ2n) is 5.02. The van der Waals surface area contributed by atoms with E-state index >= 15 is 0 Å². The zero-order valence-corrected chi connectivity index (χ0v) is 13.2. The molecule has 0 aromatic heterocycles. The molecule has 0 atom stereocenters. The van der Waals surface area contributed by atoms with Crippen LogP contribution in [0.5, 0.6) is 11.5 Å². The summed E-state index contributed by atoms with van der Waals surface area (Å²) in [4.78, 5) is 11.9. The summed E-state index contributed by atoms with van der Waals surface area (Å²) in [5.74, 6) is 0.798. The highest BCUT2D eigenvalue weighted by Crippen LogP contribution is 2.23. The standard InChI is InChI=1S/C18H20N2O3/c1-22-14-7-3-5-12(9-14)10-16(19)17(18(20)21)13-6-4-8-15(11-13)23-2/h3-9,11H,10,19H2,1-2H3,(H2,20,21)/b17-16+. The Bertz CT molecular complexity index is 739. The fraction of sp³-hybridized carbons (Fsp3) is 0.167. The van der Waals surface area contributed by atoms with Crippen LogP contribution < -0.4 is 20.9 Å². The minimum atomic E-state index is -0.571. The Morgan fingerprint density at radius 1 is 0.957 bits per heavy atom. The van der Waals surface area contributed by atoms with Gasteiger partial charge in [-0.1, -0.05) is 24.3 Å². The lowest BCUT2D eigenvalue weighted by molar-refractivity contribution is -0.112. The van der Waals surface area contributed by atoms with Crippen molar-refractivity contribution >= 4 is 11.5 Å². The van der Waals surface area contributed by atoms with E-state index in [0.29, 0.717) is 29.0 Å². The van der Waals surface area contributed by atoms with Crippen LogP contribution in [0.1, 0.15) is 11.1 Å². The average Bonchev–Trinajstić information content (AvgIpc) is 2.55. The van der Waals surface area contributed by atoms with Crippen LogP contribution in [-0.2, 0) is 11.2 Å². The molecule has 5 nitrogen and oxygen atoms in total. The van der Waals surface area contributed by atoms with Gasteiger partial charge in [0.1, 0.15) is 11.5 Å². The van der Waals surface area contributed by atoms with Gasteiger partial charge in [0.15, 0.2) is 0 Å². The number of hydrogen-bond donors (Lipinski definition) is 2. The number of nitrogens with two attached hydrogens (primary N) is 2. The maximum atomic E-state index is 11.9. The third kappa shape index (κ3) is 4.03. The van der Waals surface area contributed by atoms with Gasteiger partial charge < -0.3 is 20.9 Å². The monoisotopic (exact) mass is 312 g/mol. The lowest BCUT2D eigenvalue weighted by Crippen LogP contribution is -2.19. The van der Waals surface area contributed by atoms with Crippen molar-refractivity contribution in [1.29, 1.82) is 0 Å². The van der Waals surface area contributed by atoms with Crippen molar-refractivity contribution < 1.29 is 14.3 Å². The van der Waals surface area contributed by atoms with Crippen molar-refractivity contribution in [2.45, 2.75) is 6.42 Å². The summed E-state index contributed by atoms with van der Waals surface area (Å²) < 4.78 is 10.4. The van der Waals surface area contributed by atoms with Crippen LogP contribution in [0.2, 0.25) is 0 Å². The van der Waals surface area contributed by atoms with E-state index in [1.54, 1.807) is 38.5 Å². The number of rotatable bonds is 6. The van der Waals surface area contributed by atoms with Gasteiger partial charge >= 0.3 is 0 Å². The van der Waals surface area contributed by atoms with Crippen LogP contribution in [0.3, 0.4) is 0 Å². The van der Waals surface area contributed by atoms with E-state index in [1.165, 1.54) is 0 Å². The summed E-state index contributed by atoms with van der Waals surface area (Å²) >= 11 is 0. The SMILES string of the molecule is COc1cccc(C/C(N)=C(\C(N)=O)c2cccc(OC)c2)c1. The number of carbonyl (C=O) groups excluding carboxylic acids is 1. The number of primary amides is 1. The summed E-state index contributed by atoms with van der Waals surface area (Å²) in [7, 11) is 3.16. The molecule has 0 fully saturated rings. The second kappa shape index (κ2) is 7.35. The molecule has 120 valence electrons. The zero-order chi connectivity index (χ0) is 16.8. The number of benzene rings is 2. The van der Waals surface area contributed by atoms with E-state index < -0.39 is 5.91 Å². The van der Waals surface area contributed by atoms with Gasteiger partial charge in [0.2, 0.25) is 0 Å². The molecular weight excluding hydrogens is 292 g/mol. The van der Waals surface area contributed by atoms with Crippen molar-refractivity contribution in [2.24, 2.45) is 11.5 Å². The van der Waals surface area contributed by atoms with Crippen LogP contribution >= 0.6 is 0 Å². The van der Waals surface area contributed by atoms with E-state index in [0.717, 1.165) is 11.3 Å². The van der Waals surface area contributed by atoms with Crippen molar-refractivity contribution in [1.82, 2.24) is 0 Å². The highest BCUT2D eigenvalue weighted by Gasteiger charge is 2.14. The summed E-state index contributed by atoms with van der Waals surface area (Å²) in [6.07, 6.45) is 0.396. The fourth-order valence-electron chi connectivity index (χ4n) is 2.36. The van der Waals surface area contributed by atoms with Crippen molar-refractivity contribution in [3.63, 3.8) is 0 Å². The molecule has 0 unspecified atom stereocenters. The molecule has 0 aliphatic carbocycles. The smallest absolute Gasteiger partial charge is 0.251 e. The van der Waals surface area contributed by atoms with Gasteiger partial charge in [-0.3, -0.25) is 4.79 Å². The van der Waals surface area contributed by atoms with Crippen molar-refractivity contribution in [3.8, 4) is 11.5 Å². The molecule has 2 rings (SSSR count). The predicted molar refractivity (Wildman–Crippen MR) is 90.0 cm³/mol. The Morgan fingerprint density at radius 3 is 2.17 bits per heavy atom. The molecular formula is C18H20N2O3. The third-order valence-electron chi connectivity index (χ3n) is 3.45. The second-order valence-corrected chi connectivity index (χ2v) is 5.02. The number of carbonyl (C=O) groups is 1. The van der Waals surface area contributed by atoms with E-state index in [4.69, 9.17) is 20.9 Å². The molecule has 0 radical (unpaired) electrons. The quantitative estimate of drug-likeness (QED) is 0.800. The molecule has 2 aromatic carbocycles. The number of allylic oxidation sites excluding steroid dienone is 1. The van der Waals surface area contributed by atoms with E-state index in [2.05, 4.69) is 0 Å². The van der Waals surface area contributed by atoms with Gasteiger partial charge in [0.05, 0.1) is 19.8 Å². The highest BCUT2D eigenvalue weighted by molar-refractivity contribution is 6.19. The summed E-state index contributed by atoms with van der Waals surface area (Å²) in [5, 5.41) is 0. The van der Waals surface area contributed by atoms with Gasteiger partial charge in [-0.05, 0) is 35.4 Å². The van der Waals surface area contributed by atoms with E-state index in [1.807, 2.05) is 24.3 Å². The third-order valence-corrected chi connectivity index (χ3v) is 3.45. The fourth-order valence-corrected chi connectivity index (χ4v) is 2.36. The molecule has 4 N–H and O–H groups in total. The van der Waals surface area contributed by atoms with Crippen LogP contribution in [-0.4, -0.2) is 20.1 Å². The van der Waals surface area contributed by atoms with E-state index in [9.17, 15) is 4.79 Å². The van der Waals surface area contributed by atoms with Gasteiger partial charge in [-0.15, -0.1) is 0 Å². The van der Waals surface area contributed by atoms with E-state index in [-0.39, 0.29) is 0 Å². The zero-order valence-electron chi connectivity index (χ0n) is 13.2.